The van der Waals surface area contributed by atoms with Gasteiger partial charge in [-0.25, -0.2) is 0 Å². The Morgan fingerprint density at radius 1 is 1.10 bits per heavy atom. The van der Waals surface area contributed by atoms with Gasteiger partial charge in [0.15, 0.2) is 5.11 Å². The fourth-order valence-corrected chi connectivity index (χ4v) is 2.49. The summed E-state index contributed by atoms with van der Waals surface area (Å²) in [7, 11) is 0. The van der Waals surface area contributed by atoms with Crippen molar-refractivity contribution in [2.75, 3.05) is 5.32 Å². The van der Waals surface area contributed by atoms with Gasteiger partial charge in [0.1, 0.15) is 0 Å². The highest BCUT2D eigenvalue weighted by molar-refractivity contribution is 7.80. The molecular formula is C17H19ClN2S. The van der Waals surface area contributed by atoms with Crippen LogP contribution in [0.4, 0.5) is 5.69 Å². The van der Waals surface area contributed by atoms with Crippen LogP contribution in [0, 0.1) is 13.8 Å². The van der Waals surface area contributed by atoms with Crippen molar-refractivity contribution in [2.24, 2.45) is 0 Å². The minimum Gasteiger partial charge on any atom is -0.356 e. The summed E-state index contributed by atoms with van der Waals surface area (Å²) in [6.07, 6.45) is 0. The highest BCUT2D eigenvalue weighted by Gasteiger charge is 2.08. The number of nitrogens with one attached hydrogen (secondary N) is 2. The molecule has 0 spiro atoms. The minimum atomic E-state index is 0.118. The molecule has 2 aromatic carbocycles. The van der Waals surface area contributed by atoms with Crippen LogP contribution in [-0.4, -0.2) is 5.11 Å². The number of hydrogen-bond donors (Lipinski definition) is 2. The maximum absolute atomic E-state index is 5.90. The van der Waals surface area contributed by atoms with Gasteiger partial charge in [-0.1, -0.05) is 35.9 Å². The molecule has 2 nitrogen and oxygen atoms in total. The zero-order valence-electron chi connectivity index (χ0n) is 12.4. The number of aryl methyl sites for hydroxylation is 1. The van der Waals surface area contributed by atoms with E-state index in [9.17, 15) is 0 Å². The Balaban J connectivity index is 2.01. The van der Waals surface area contributed by atoms with E-state index in [1.807, 2.05) is 36.4 Å². The second kappa shape index (κ2) is 6.92. The summed E-state index contributed by atoms with van der Waals surface area (Å²) in [6, 6.07) is 14.0. The summed E-state index contributed by atoms with van der Waals surface area (Å²) in [5.74, 6) is 0. The van der Waals surface area contributed by atoms with E-state index < -0.39 is 0 Å². The van der Waals surface area contributed by atoms with Gasteiger partial charge in [0.2, 0.25) is 0 Å². The lowest BCUT2D eigenvalue weighted by Gasteiger charge is -2.18. The molecule has 2 aromatic rings. The van der Waals surface area contributed by atoms with Crippen molar-refractivity contribution >= 4 is 34.6 Å². The van der Waals surface area contributed by atoms with E-state index >= 15 is 0 Å². The molecule has 0 heterocycles. The molecule has 0 saturated heterocycles. The molecule has 2 N–H and O–H groups in total. The van der Waals surface area contributed by atoms with Crippen LogP contribution in [0.1, 0.15) is 29.7 Å². The zero-order chi connectivity index (χ0) is 15.4. The highest BCUT2D eigenvalue weighted by atomic mass is 35.5. The molecule has 2 rings (SSSR count). The van der Waals surface area contributed by atoms with Crippen molar-refractivity contribution in [2.45, 2.75) is 26.8 Å². The van der Waals surface area contributed by atoms with Crippen LogP contribution in [0.2, 0.25) is 5.02 Å². The number of rotatable bonds is 3. The summed E-state index contributed by atoms with van der Waals surface area (Å²) >= 11 is 11.3. The van der Waals surface area contributed by atoms with Crippen LogP contribution >= 0.6 is 23.8 Å². The molecule has 0 aliphatic heterocycles. The largest absolute Gasteiger partial charge is 0.356 e. The molecule has 0 aromatic heterocycles. The fourth-order valence-electron chi connectivity index (χ4n) is 2.08. The molecule has 0 amide bonds. The van der Waals surface area contributed by atoms with Crippen molar-refractivity contribution in [3.8, 4) is 0 Å². The molecule has 0 bridgehead atoms. The first-order chi connectivity index (χ1) is 9.97. The number of halogens is 1. The lowest BCUT2D eigenvalue weighted by molar-refractivity contribution is 0.722. The summed E-state index contributed by atoms with van der Waals surface area (Å²) in [4.78, 5) is 0. The van der Waals surface area contributed by atoms with Gasteiger partial charge >= 0.3 is 0 Å². The Morgan fingerprint density at radius 3 is 2.43 bits per heavy atom. The molecule has 0 fully saturated rings. The Hall–Kier alpha value is -1.58. The van der Waals surface area contributed by atoms with E-state index in [0.717, 1.165) is 16.3 Å². The van der Waals surface area contributed by atoms with Gasteiger partial charge in [-0.15, -0.1) is 0 Å². The first kappa shape index (κ1) is 15.8. The zero-order valence-corrected chi connectivity index (χ0v) is 14.0. The molecule has 0 radical (unpaired) electrons. The Bertz CT molecular complexity index is 638. The van der Waals surface area contributed by atoms with Gasteiger partial charge in [0.25, 0.3) is 0 Å². The average Bonchev–Trinajstić information content (AvgIpc) is 2.44. The Kier molecular flexibility index (Phi) is 5.21. The maximum atomic E-state index is 5.90. The molecule has 0 saturated carbocycles. The fraction of sp³-hybridized carbons (Fsp3) is 0.235. The van der Waals surface area contributed by atoms with Gasteiger partial charge in [-0.2, -0.15) is 0 Å². The summed E-state index contributed by atoms with van der Waals surface area (Å²) in [5.41, 5.74) is 4.63. The van der Waals surface area contributed by atoms with Crippen LogP contribution in [0.3, 0.4) is 0 Å². The Labute approximate surface area is 136 Å². The third-order valence-electron chi connectivity index (χ3n) is 3.57. The first-order valence-electron chi connectivity index (χ1n) is 6.86. The molecule has 0 unspecified atom stereocenters. The van der Waals surface area contributed by atoms with Gasteiger partial charge in [0.05, 0.1) is 6.04 Å². The van der Waals surface area contributed by atoms with Crippen molar-refractivity contribution in [1.82, 2.24) is 5.32 Å². The second-order valence-electron chi connectivity index (χ2n) is 5.12. The van der Waals surface area contributed by atoms with Crippen molar-refractivity contribution < 1.29 is 0 Å². The quantitative estimate of drug-likeness (QED) is 0.778. The molecule has 0 aliphatic rings. The van der Waals surface area contributed by atoms with E-state index in [1.165, 1.54) is 11.1 Å². The van der Waals surface area contributed by atoms with Gasteiger partial charge < -0.3 is 10.6 Å². The summed E-state index contributed by atoms with van der Waals surface area (Å²) in [5, 5.41) is 7.90. The van der Waals surface area contributed by atoms with Crippen LogP contribution in [0.25, 0.3) is 0 Å². The smallest absolute Gasteiger partial charge is 0.171 e. The third kappa shape index (κ3) is 4.19. The van der Waals surface area contributed by atoms with E-state index in [4.69, 9.17) is 23.8 Å². The van der Waals surface area contributed by atoms with Crippen molar-refractivity contribution in [3.05, 3.63) is 64.2 Å². The predicted octanol–water partition coefficient (Wildman–Crippen LogP) is 5.00. The van der Waals surface area contributed by atoms with Crippen LogP contribution in [-0.2, 0) is 0 Å². The summed E-state index contributed by atoms with van der Waals surface area (Å²) in [6.45, 7) is 6.25. The lowest BCUT2D eigenvalue weighted by Crippen LogP contribution is -2.31. The second-order valence-corrected chi connectivity index (χ2v) is 5.96. The topological polar surface area (TPSA) is 24.1 Å². The monoisotopic (exact) mass is 318 g/mol. The molecule has 21 heavy (non-hydrogen) atoms. The van der Waals surface area contributed by atoms with E-state index in [2.05, 4.69) is 37.5 Å². The lowest BCUT2D eigenvalue weighted by atomic mass is 10.1. The third-order valence-corrected chi connectivity index (χ3v) is 4.04. The van der Waals surface area contributed by atoms with Crippen molar-refractivity contribution in [1.29, 1.82) is 0 Å². The molecule has 1 atom stereocenters. The van der Waals surface area contributed by atoms with Crippen LogP contribution in [0.5, 0.6) is 0 Å². The highest BCUT2D eigenvalue weighted by Crippen LogP contribution is 2.19. The van der Waals surface area contributed by atoms with Gasteiger partial charge in [-0.3, -0.25) is 0 Å². The van der Waals surface area contributed by atoms with Crippen LogP contribution < -0.4 is 10.6 Å². The molecule has 0 aliphatic carbocycles. The number of benzene rings is 2. The van der Waals surface area contributed by atoms with Gasteiger partial charge in [-0.05, 0) is 67.9 Å². The SMILES string of the molecule is Cc1cccc(NC(=S)N[C@H](C)c2ccc(Cl)cc2)c1C. The van der Waals surface area contributed by atoms with Crippen LogP contribution in [0.15, 0.2) is 42.5 Å². The van der Waals surface area contributed by atoms with E-state index in [0.29, 0.717) is 5.11 Å². The van der Waals surface area contributed by atoms with E-state index in [-0.39, 0.29) is 6.04 Å². The maximum Gasteiger partial charge on any atom is 0.171 e. The van der Waals surface area contributed by atoms with Gasteiger partial charge in [0, 0.05) is 10.7 Å². The molecule has 4 heteroatoms. The standard InChI is InChI=1S/C17H19ClN2S/c1-11-5-4-6-16(12(11)2)20-17(21)19-13(3)14-7-9-15(18)10-8-14/h4-10,13H,1-3H3,(H2,19,20,21)/t13-/m1/s1. The minimum absolute atomic E-state index is 0.118. The normalized spacial score (nSPS) is 11.8. The number of hydrogen-bond acceptors (Lipinski definition) is 1. The Morgan fingerprint density at radius 2 is 1.76 bits per heavy atom. The average molecular weight is 319 g/mol. The number of anilines is 1. The molecule has 110 valence electrons. The summed E-state index contributed by atoms with van der Waals surface area (Å²) < 4.78 is 0. The predicted molar refractivity (Wildman–Crippen MR) is 95.1 cm³/mol. The molecular weight excluding hydrogens is 300 g/mol. The number of thiocarbonyl (C=S) groups is 1. The van der Waals surface area contributed by atoms with Crippen molar-refractivity contribution in [3.63, 3.8) is 0 Å². The van der Waals surface area contributed by atoms with E-state index in [1.54, 1.807) is 0 Å². The first-order valence-corrected chi connectivity index (χ1v) is 7.65.